The quantitative estimate of drug-likeness (QED) is 0.757. The van der Waals surface area contributed by atoms with Crippen LogP contribution in [0.4, 0.5) is 0 Å². The molecule has 2 aromatic heterocycles. The maximum atomic E-state index is 10.8. The van der Waals surface area contributed by atoms with Gasteiger partial charge < -0.3 is 10.1 Å². The number of rotatable bonds is 2. The largest absolute Gasteiger partial charge is 0.477 e. The molecule has 6 nitrogen and oxygen atoms in total. The SMILES string of the molecule is Cc1nc(-c2ncccn2)[nH]c1C(=O)O. The summed E-state index contributed by atoms with van der Waals surface area (Å²) in [5, 5.41) is 8.81. The van der Waals surface area contributed by atoms with Crippen molar-refractivity contribution in [2.45, 2.75) is 6.92 Å². The molecular weight excluding hydrogens is 196 g/mol. The van der Waals surface area contributed by atoms with E-state index in [9.17, 15) is 4.79 Å². The lowest BCUT2D eigenvalue weighted by atomic mass is 10.4. The number of hydrogen-bond donors (Lipinski definition) is 2. The summed E-state index contributed by atoms with van der Waals surface area (Å²) in [6, 6.07) is 1.68. The summed E-state index contributed by atoms with van der Waals surface area (Å²) in [7, 11) is 0. The Balaban J connectivity index is 2.48. The first-order valence-electron chi connectivity index (χ1n) is 4.26. The molecule has 0 unspecified atom stereocenters. The van der Waals surface area contributed by atoms with Crippen LogP contribution in [0.2, 0.25) is 0 Å². The molecule has 0 spiro atoms. The van der Waals surface area contributed by atoms with E-state index in [2.05, 4.69) is 19.9 Å². The summed E-state index contributed by atoms with van der Waals surface area (Å²) in [4.78, 5) is 25.4. The zero-order valence-corrected chi connectivity index (χ0v) is 7.93. The minimum Gasteiger partial charge on any atom is -0.477 e. The summed E-state index contributed by atoms with van der Waals surface area (Å²) < 4.78 is 0. The van der Waals surface area contributed by atoms with Gasteiger partial charge >= 0.3 is 5.97 Å². The summed E-state index contributed by atoms with van der Waals surface area (Å²) in [5.74, 6) is -0.291. The molecule has 15 heavy (non-hydrogen) atoms. The number of aromatic nitrogens is 4. The topological polar surface area (TPSA) is 91.8 Å². The minimum atomic E-state index is -1.04. The smallest absolute Gasteiger partial charge is 0.354 e. The lowest BCUT2D eigenvalue weighted by Crippen LogP contribution is -1.98. The molecule has 2 aromatic rings. The van der Waals surface area contributed by atoms with Crippen molar-refractivity contribution in [1.29, 1.82) is 0 Å². The third-order valence-electron chi connectivity index (χ3n) is 1.88. The fourth-order valence-corrected chi connectivity index (χ4v) is 1.20. The van der Waals surface area contributed by atoms with Gasteiger partial charge in [-0.05, 0) is 13.0 Å². The van der Waals surface area contributed by atoms with Crippen molar-refractivity contribution in [3.8, 4) is 11.6 Å². The maximum absolute atomic E-state index is 10.8. The van der Waals surface area contributed by atoms with Crippen LogP contribution in [0.1, 0.15) is 16.2 Å². The van der Waals surface area contributed by atoms with E-state index in [-0.39, 0.29) is 5.69 Å². The Kier molecular flexibility index (Phi) is 2.17. The predicted molar refractivity (Wildman–Crippen MR) is 51.3 cm³/mol. The highest BCUT2D eigenvalue weighted by Crippen LogP contribution is 2.12. The molecule has 0 amide bonds. The van der Waals surface area contributed by atoms with E-state index < -0.39 is 5.97 Å². The molecule has 0 aliphatic carbocycles. The van der Waals surface area contributed by atoms with Crippen LogP contribution < -0.4 is 0 Å². The van der Waals surface area contributed by atoms with Crippen molar-refractivity contribution in [3.05, 3.63) is 29.8 Å². The van der Waals surface area contributed by atoms with Crippen molar-refractivity contribution in [3.63, 3.8) is 0 Å². The molecule has 0 saturated heterocycles. The minimum absolute atomic E-state index is 0.0671. The Bertz CT molecular complexity index is 492. The number of carboxylic acid groups (broad SMARTS) is 1. The lowest BCUT2D eigenvalue weighted by Gasteiger charge is -1.91. The van der Waals surface area contributed by atoms with Gasteiger partial charge in [0.25, 0.3) is 0 Å². The standard InChI is InChI=1S/C9H8N4O2/c1-5-6(9(14)15)13-8(12-5)7-10-3-2-4-11-7/h2-4H,1H3,(H,12,13)(H,14,15). The first-order valence-corrected chi connectivity index (χ1v) is 4.26. The van der Waals surface area contributed by atoms with E-state index in [1.807, 2.05) is 0 Å². The van der Waals surface area contributed by atoms with Crippen LogP contribution in [0.25, 0.3) is 11.6 Å². The fraction of sp³-hybridized carbons (Fsp3) is 0.111. The number of H-pyrrole nitrogens is 1. The number of carboxylic acids is 1. The number of nitrogens with one attached hydrogen (secondary N) is 1. The first kappa shape index (κ1) is 9.32. The molecule has 0 aliphatic heterocycles. The molecule has 0 radical (unpaired) electrons. The van der Waals surface area contributed by atoms with Gasteiger partial charge in [-0.1, -0.05) is 0 Å². The van der Waals surface area contributed by atoms with Gasteiger partial charge in [-0.15, -0.1) is 0 Å². The highest BCUT2D eigenvalue weighted by Gasteiger charge is 2.14. The van der Waals surface area contributed by atoms with Crippen molar-refractivity contribution >= 4 is 5.97 Å². The summed E-state index contributed by atoms with van der Waals surface area (Å²) in [5.41, 5.74) is 0.488. The molecule has 0 bridgehead atoms. The Morgan fingerprint density at radius 1 is 1.40 bits per heavy atom. The molecule has 0 fully saturated rings. The average molecular weight is 204 g/mol. The summed E-state index contributed by atoms with van der Waals surface area (Å²) >= 11 is 0. The van der Waals surface area contributed by atoms with E-state index >= 15 is 0 Å². The highest BCUT2D eigenvalue weighted by molar-refractivity contribution is 5.87. The number of aromatic amines is 1. The number of aromatic carboxylic acids is 1. The normalized spacial score (nSPS) is 10.2. The van der Waals surface area contributed by atoms with Crippen LogP contribution in [0.15, 0.2) is 18.5 Å². The molecule has 0 atom stereocenters. The molecular formula is C9H8N4O2. The molecule has 2 N–H and O–H groups in total. The predicted octanol–water partition coefficient (Wildman–Crippen LogP) is 0.873. The van der Waals surface area contributed by atoms with Gasteiger partial charge in [-0.25, -0.2) is 19.7 Å². The Labute approximate surface area is 85.0 Å². The number of hydrogen-bond acceptors (Lipinski definition) is 4. The average Bonchev–Trinajstić information content (AvgIpc) is 2.62. The van der Waals surface area contributed by atoms with Crippen molar-refractivity contribution in [2.24, 2.45) is 0 Å². The number of imidazole rings is 1. The highest BCUT2D eigenvalue weighted by atomic mass is 16.4. The van der Waals surface area contributed by atoms with Crippen LogP contribution in [0, 0.1) is 6.92 Å². The van der Waals surface area contributed by atoms with Gasteiger partial charge in [-0.2, -0.15) is 0 Å². The third-order valence-corrected chi connectivity index (χ3v) is 1.88. The number of carbonyl (C=O) groups is 1. The molecule has 76 valence electrons. The van der Waals surface area contributed by atoms with Crippen molar-refractivity contribution < 1.29 is 9.90 Å². The third kappa shape index (κ3) is 1.69. The van der Waals surface area contributed by atoms with Gasteiger partial charge in [0.1, 0.15) is 5.69 Å². The van der Waals surface area contributed by atoms with Crippen molar-refractivity contribution in [1.82, 2.24) is 19.9 Å². The second kappa shape index (κ2) is 3.49. The van der Waals surface area contributed by atoms with E-state index in [4.69, 9.17) is 5.11 Å². The fourth-order valence-electron chi connectivity index (χ4n) is 1.20. The molecule has 0 saturated carbocycles. The van der Waals surface area contributed by atoms with Crippen LogP contribution in [0.3, 0.4) is 0 Å². The summed E-state index contributed by atoms with van der Waals surface area (Å²) in [6.07, 6.45) is 3.14. The Morgan fingerprint density at radius 2 is 2.07 bits per heavy atom. The molecule has 2 heterocycles. The lowest BCUT2D eigenvalue weighted by molar-refractivity contribution is 0.0690. The van der Waals surface area contributed by atoms with Crippen molar-refractivity contribution in [2.75, 3.05) is 0 Å². The maximum Gasteiger partial charge on any atom is 0.354 e. The second-order valence-corrected chi connectivity index (χ2v) is 2.92. The van der Waals surface area contributed by atoms with Crippen LogP contribution >= 0.6 is 0 Å². The van der Waals surface area contributed by atoms with E-state index in [1.165, 1.54) is 0 Å². The molecule has 2 rings (SSSR count). The van der Waals surface area contributed by atoms with E-state index in [1.54, 1.807) is 25.4 Å². The van der Waals surface area contributed by atoms with Gasteiger partial charge in [0, 0.05) is 12.4 Å². The Hall–Kier alpha value is -2.24. The van der Waals surface area contributed by atoms with E-state index in [0.29, 0.717) is 17.3 Å². The molecule has 6 heteroatoms. The van der Waals surface area contributed by atoms with Gasteiger partial charge in [0.15, 0.2) is 11.6 Å². The van der Waals surface area contributed by atoms with Crippen LogP contribution in [0.5, 0.6) is 0 Å². The van der Waals surface area contributed by atoms with Gasteiger partial charge in [0.2, 0.25) is 0 Å². The van der Waals surface area contributed by atoms with Crippen LogP contribution in [-0.2, 0) is 0 Å². The van der Waals surface area contributed by atoms with Gasteiger partial charge in [-0.3, -0.25) is 0 Å². The zero-order chi connectivity index (χ0) is 10.8. The summed E-state index contributed by atoms with van der Waals surface area (Å²) in [6.45, 7) is 1.62. The zero-order valence-electron chi connectivity index (χ0n) is 7.93. The molecule has 0 aromatic carbocycles. The van der Waals surface area contributed by atoms with E-state index in [0.717, 1.165) is 0 Å². The number of nitrogens with zero attached hydrogens (tertiary/aromatic N) is 3. The van der Waals surface area contributed by atoms with Gasteiger partial charge in [0.05, 0.1) is 5.69 Å². The number of aryl methyl sites for hydroxylation is 1. The second-order valence-electron chi connectivity index (χ2n) is 2.92. The first-order chi connectivity index (χ1) is 7.18. The Morgan fingerprint density at radius 3 is 2.60 bits per heavy atom. The van der Waals surface area contributed by atoms with Crippen LogP contribution in [-0.4, -0.2) is 31.0 Å². The monoisotopic (exact) mass is 204 g/mol. The molecule has 0 aliphatic rings.